The highest BCUT2D eigenvalue weighted by molar-refractivity contribution is 4.96. The molecule has 2 fully saturated rings. The van der Waals surface area contributed by atoms with Gasteiger partial charge in [-0.25, -0.2) is 0 Å². The first-order valence-corrected chi connectivity index (χ1v) is 7.44. The lowest BCUT2D eigenvalue weighted by molar-refractivity contribution is -0.0408. The molecule has 0 saturated carbocycles. The minimum Gasteiger partial charge on any atom is -0.374 e. The van der Waals surface area contributed by atoms with Crippen LogP contribution in [0.2, 0.25) is 0 Å². The summed E-state index contributed by atoms with van der Waals surface area (Å²) in [5.41, 5.74) is 0.306. The zero-order chi connectivity index (χ0) is 13.4. The summed E-state index contributed by atoms with van der Waals surface area (Å²) in [4.78, 5) is 2.66. The molecule has 3 heteroatoms. The fourth-order valence-corrected chi connectivity index (χ4v) is 3.41. The lowest BCUT2D eigenvalue weighted by Gasteiger charge is -2.48. The van der Waals surface area contributed by atoms with Gasteiger partial charge in [0.1, 0.15) is 0 Å². The zero-order valence-corrected chi connectivity index (χ0v) is 12.8. The second-order valence-electron chi connectivity index (χ2n) is 7.38. The highest BCUT2D eigenvalue weighted by Crippen LogP contribution is 2.29. The summed E-state index contributed by atoms with van der Waals surface area (Å²) in [5, 5.41) is 3.67. The average Bonchev–Trinajstić information content (AvgIpc) is 2.62. The van der Waals surface area contributed by atoms with Gasteiger partial charge in [0.25, 0.3) is 0 Å². The van der Waals surface area contributed by atoms with Crippen LogP contribution >= 0.6 is 0 Å². The van der Waals surface area contributed by atoms with Crippen molar-refractivity contribution < 1.29 is 4.74 Å². The minimum atomic E-state index is 0.0839. The predicted molar refractivity (Wildman–Crippen MR) is 75.9 cm³/mol. The first kappa shape index (κ1) is 14.3. The van der Waals surface area contributed by atoms with Gasteiger partial charge in [0, 0.05) is 37.8 Å². The molecule has 2 unspecified atom stereocenters. The summed E-state index contributed by atoms with van der Waals surface area (Å²) >= 11 is 0. The molecule has 0 aromatic rings. The van der Waals surface area contributed by atoms with Crippen molar-refractivity contribution in [3.8, 4) is 0 Å². The van der Waals surface area contributed by atoms with Gasteiger partial charge in [-0.3, -0.25) is 4.90 Å². The molecule has 18 heavy (non-hydrogen) atoms. The van der Waals surface area contributed by atoms with Crippen LogP contribution in [-0.2, 0) is 4.74 Å². The monoisotopic (exact) mass is 254 g/mol. The molecule has 2 aliphatic rings. The van der Waals surface area contributed by atoms with Crippen molar-refractivity contribution >= 4 is 0 Å². The van der Waals surface area contributed by atoms with Crippen LogP contribution in [0.1, 0.15) is 47.5 Å². The first-order chi connectivity index (χ1) is 8.31. The Morgan fingerprint density at radius 1 is 1.33 bits per heavy atom. The highest BCUT2D eigenvalue weighted by atomic mass is 16.5. The van der Waals surface area contributed by atoms with E-state index in [1.807, 2.05) is 0 Å². The van der Waals surface area contributed by atoms with E-state index in [9.17, 15) is 0 Å². The molecule has 0 aliphatic carbocycles. The molecular formula is C15H30N2O. The van der Waals surface area contributed by atoms with Gasteiger partial charge in [-0.15, -0.1) is 0 Å². The third kappa shape index (κ3) is 3.25. The number of hydrogen-bond donors (Lipinski definition) is 1. The Balaban J connectivity index is 2.05. The quantitative estimate of drug-likeness (QED) is 0.836. The SMILES string of the molecule is CC(C)C1CNC(C)(C)CN1CC1(C)CCCO1. The number of hydrogen-bond acceptors (Lipinski definition) is 3. The Morgan fingerprint density at radius 2 is 2.06 bits per heavy atom. The molecule has 0 radical (unpaired) electrons. The number of piperazine rings is 1. The number of ether oxygens (including phenoxy) is 1. The van der Waals surface area contributed by atoms with E-state index in [4.69, 9.17) is 4.74 Å². The van der Waals surface area contributed by atoms with Gasteiger partial charge >= 0.3 is 0 Å². The van der Waals surface area contributed by atoms with Crippen LogP contribution in [0.4, 0.5) is 0 Å². The van der Waals surface area contributed by atoms with Gasteiger partial charge in [0.15, 0.2) is 0 Å². The molecule has 0 spiro atoms. The molecular weight excluding hydrogens is 224 g/mol. The van der Waals surface area contributed by atoms with E-state index in [1.165, 1.54) is 12.8 Å². The van der Waals surface area contributed by atoms with E-state index < -0.39 is 0 Å². The van der Waals surface area contributed by atoms with E-state index in [0.717, 1.165) is 26.2 Å². The molecule has 1 N–H and O–H groups in total. The van der Waals surface area contributed by atoms with Gasteiger partial charge in [-0.05, 0) is 39.5 Å². The normalized spacial score (nSPS) is 37.3. The Morgan fingerprint density at radius 3 is 2.61 bits per heavy atom. The lowest BCUT2D eigenvalue weighted by Crippen LogP contribution is -2.64. The first-order valence-electron chi connectivity index (χ1n) is 7.44. The van der Waals surface area contributed by atoms with Crippen LogP contribution < -0.4 is 5.32 Å². The van der Waals surface area contributed by atoms with Crippen LogP contribution in [0.5, 0.6) is 0 Å². The van der Waals surface area contributed by atoms with E-state index in [0.29, 0.717) is 12.0 Å². The third-order valence-electron chi connectivity index (χ3n) is 4.46. The van der Waals surface area contributed by atoms with Crippen molar-refractivity contribution in [1.29, 1.82) is 0 Å². The van der Waals surface area contributed by atoms with E-state index >= 15 is 0 Å². The fourth-order valence-electron chi connectivity index (χ4n) is 3.41. The van der Waals surface area contributed by atoms with Crippen LogP contribution in [0.25, 0.3) is 0 Å². The summed E-state index contributed by atoms with van der Waals surface area (Å²) in [5.74, 6) is 0.693. The number of rotatable bonds is 3. The standard InChI is InChI=1S/C15H30N2O/c1-12(2)13-9-16-14(3,4)10-17(13)11-15(5)7-6-8-18-15/h12-13,16H,6-11H2,1-5H3. The minimum absolute atomic E-state index is 0.0839. The molecule has 106 valence electrons. The van der Waals surface area contributed by atoms with Crippen LogP contribution in [-0.4, -0.2) is 48.3 Å². The van der Waals surface area contributed by atoms with Crippen LogP contribution in [0, 0.1) is 5.92 Å². The molecule has 2 heterocycles. The molecule has 0 aromatic carbocycles. The van der Waals surface area contributed by atoms with Crippen molar-refractivity contribution in [2.75, 3.05) is 26.2 Å². The summed E-state index contributed by atoms with van der Waals surface area (Å²) in [7, 11) is 0. The van der Waals surface area contributed by atoms with E-state index in [1.54, 1.807) is 0 Å². The topological polar surface area (TPSA) is 24.5 Å². The molecule has 0 bridgehead atoms. The summed E-state index contributed by atoms with van der Waals surface area (Å²) in [6, 6.07) is 0.638. The Bertz CT molecular complexity index is 282. The van der Waals surface area contributed by atoms with Crippen molar-refractivity contribution in [3.05, 3.63) is 0 Å². The Labute approximate surface area is 112 Å². The number of nitrogens with zero attached hydrogens (tertiary/aromatic N) is 1. The smallest absolute Gasteiger partial charge is 0.0781 e. The third-order valence-corrected chi connectivity index (χ3v) is 4.46. The fraction of sp³-hybridized carbons (Fsp3) is 1.00. The highest BCUT2D eigenvalue weighted by Gasteiger charge is 2.39. The summed E-state index contributed by atoms with van der Waals surface area (Å²) in [6.07, 6.45) is 2.43. The van der Waals surface area contributed by atoms with Gasteiger partial charge in [-0.1, -0.05) is 13.8 Å². The van der Waals surface area contributed by atoms with E-state index in [2.05, 4.69) is 44.8 Å². The van der Waals surface area contributed by atoms with Crippen molar-refractivity contribution in [2.24, 2.45) is 5.92 Å². The maximum absolute atomic E-state index is 5.98. The lowest BCUT2D eigenvalue weighted by atomic mass is 9.91. The van der Waals surface area contributed by atoms with Crippen LogP contribution in [0.15, 0.2) is 0 Å². The molecule has 0 amide bonds. The second kappa shape index (κ2) is 5.10. The molecule has 0 aromatic heterocycles. The number of nitrogens with one attached hydrogen (secondary N) is 1. The molecule has 2 rings (SSSR count). The van der Waals surface area contributed by atoms with E-state index in [-0.39, 0.29) is 11.1 Å². The average molecular weight is 254 g/mol. The van der Waals surface area contributed by atoms with Gasteiger partial charge in [0.2, 0.25) is 0 Å². The second-order valence-corrected chi connectivity index (χ2v) is 7.38. The Hall–Kier alpha value is -0.120. The van der Waals surface area contributed by atoms with Gasteiger partial charge < -0.3 is 10.1 Å². The van der Waals surface area contributed by atoms with Crippen molar-refractivity contribution in [3.63, 3.8) is 0 Å². The Kier molecular flexibility index (Phi) is 4.05. The van der Waals surface area contributed by atoms with Crippen molar-refractivity contribution in [2.45, 2.75) is 64.6 Å². The largest absolute Gasteiger partial charge is 0.374 e. The van der Waals surface area contributed by atoms with Gasteiger partial charge in [-0.2, -0.15) is 0 Å². The molecule has 3 nitrogen and oxygen atoms in total. The van der Waals surface area contributed by atoms with Crippen molar-refractivity contribution in [1.82, 2.24) is 10.2 Å². The van der Waals surface area contributed by atoms with Crippen LogP contribution in [0.3, 0.4) is 0 Å². The predicted octanol–water partition coefficient (Wildman–Crippen LogP) is 2.26. The zero-order valence-electron chi connectivity index (χ0n) is 12.8. The maximum Gasteiger partial charge on any atom is 0.0781 e. The molecule has 2 aliphatic heterocycles. The summed E-state index contributed by atoms with van der Waals surface area (Å²) in [6.45, 7) is 15.8. The maximum atomic E-state index is 5.98. The molecule has 2 saturated heterocycles. The molecule has 2 atom stereocenters. The van der Waals surface area contributed by atoms with Gasteiger partial charge in [0.05, 0.1) is 5.60 Å². The summed E-state index contributed by atoms with van der Waals surface area (Å²) < 4.78 is 5.98.